The van der Waals surface area contributed by atoms with Crippen molar-refractivity contribution >= 4 is 44.9 Å². The van der Waals surface area contributed by atoms with Crippen molar-refractivity contribution in [2.24, 2.45) is 11.3 Å². The van der Waals surface area contributed by atoms with Crippen LogP contribution in [-0.2, 0) is 29.1 Å². The molecule has 2 aromatic heterocycles. The lowest BCUT2D eigenvalue weighted by Crippen LogP contribution is -2.60. The molecule has 16 nitrogen and oxygen atoms in total. The highest BCUT2D eigenvalue weighted by Crippen LogP contribution is 2.46. The number of rotatable bonds is 12. The number of benzene rings is 1. The van der Waals surface area contributed by atoms with Crippen LogP contribution in [0.1, 0.15) is 72.9 Å². The Labute approximate surface area is 326 Å². The SMILES string of the molecule is C=CC1CC1(NC(=O)C1CC(Oc2cc(-c3ccc(OC)cc3)nc3c(C)noc23)CN1C(=O)C(NC(=O)OC(C)(C)C)C(C)(C)C)C(=O)NS(=O)(=O)C1CC1. The number of aryl methyl sites for hydroxylation is 1. The number of methoxy groups -OCH3 is 1. The number of hydrogen-bond donors (Lipinski definition) is 3. The van der Waals surface area contributed by atoms with Crippen LogP contribution in [0.3, 0.4) is 0 Å². The number of hydrogen-bond acceptors (Lipinski definition) is 12. The van der Waals surface area contributed by atoms with E-state index in [1.165, 1.54) is 11.0 Å². The number of nitrogens with zero attached hydrogens (tertiary/aromatic N) is 3. The van der Waals surface area contributed by atoms with Gasteiger partial charge in [-0.05, 0) is 76.6 Å². The second-order valence-corrected chi connectivity index (χ2v) is 18.8. The second-order valence-electron chi connectivity index (χ2n) is 16.8. The number of sulfonamides is 1. The average molecular weight is 795 g/mol. The van der Waals surface area contributed by atoms with E-state index in [1.54, 1.807) is 73.8 Å². The number of carbonyl (C=O) groups is 4. The summed E-state index contributed by atoms with van der Waals surface area (Å²) in [6.07, 6.45) is 0.842. The van der Waals surface area contributed by atoms with Crippen LogP contribution >= 0.6 is 0 Å². The summed E-state index contributed by atoms with van der Waals surface area (Å²) >= 11 is 0. The molecule has 1 saturated heterocycles. The number of alkyl carbamates (subject to hydrolysis) is 1. The molecule has 3 N–H and O–H groups in total. The lowest BCUT2D eigenvalue weighted by Gasteiger charge is -2.36. The van der Waals surface area contributed by atoms with Crippen molar-refractivity contribution < 1.29 is 46.3 Å². The predicted molar refractivity (Wildman–Crippen MR) is 205 cm³/mol. The normalized spacial score (nSPS) is 22.9. The predicted octanol–water partition coefficient (Wildman–Crippen LogP) is 4.16. The van der Waals surface area contributed by atoms with Crippen LogP contribution in [0.25, 0.3) is 22.4 Å². The zero-order chi connectivity index (χ0) is 41.0. The minimum Gasteiger partial charge on any atom is -0.497 e. The monoisotopic (exact) mass is 794 g/mol. The molecule has 0 spiro atoms. The lowest BCUT2D eigenvalue weighted by molar-refractivity contribution is -0.143. The van der Waals surface area contributed by atoms with Crippen LogP contribution in [0.4, 0.5) is 4.79 Å². The fourth-order valence-electron chi connectivity index (χ4n) is 6.81. The molecule has 6 rings (SSSR count). The number of amides is 4. The van der Waals surface area contributed by atoms with E-state index >= 15 is 0 Å². The maximum Gasteiger partial charge on any atom is 0.408 e. The molecule has 5 atom stereocenters. The van der Waals surface area contributed by atoms with E-state index < -0.39 is 79.7 Å². The van der Waals surface area contributed by atoms with Crippen molar-refractivity contribution in [1.29, 1.82) is 0 Å². The molecule has 2 aliphatic carbocycles. The standard InChI is InChI=1S/C39H50N6O10S/c1-10-23-19-39(23,35(48)44-56(50,51)26-15-16-26)42-33(46)28-17-25(20-45(28)34(47)32(37(3,4)5)41-36(49)54-38(6,7)8)53-29-18-27(22-11-13-24(52-9)14-12-22)40-30-21(2)43-55-31(29)30/h10-14,18,23,25-26,28,32H,1,15-17,19-20H2,2-9H3,(H,41,49)(H,42,46)(H,44,48). The van der Waals surface area contributed by atoms with Crippen LogP contribution in [0.15, 0.2) is 47.5 Å². The number of ether oxygens (including phenoxy) is 3. The zero-order valence-electron chi connectivity index (χ0n) is 32.9. The van der Waals surface area contributed by atoms with Crippen LogP contribution in [0.5, 0.6) is 11.5 Å². The van der Waals surface area contributed by atoms with Gasteiger partial charge in [-0.1, -0.05) is 32.0 Å². The number of carbonyl (C=O) groups excluding carboxylic acids is 4. The third kappa shape index (κ3) is 8.46. The van der Waals surface area contributed by atoms with Gasteiger partial charge in [-0.2, -0.15) is 0 Å². The summed E-state index contributed by atoms with van der Waals surface area (Å²) in [5, 5.41) is 8.92. The fourth-order valence-corrected chi connectivity index (χ4v) is 8.18. The summed E-state index contributed by atoms with van der Waals surface area (Å²) < 4.78 is 50.6. The molecule has 302 valence electrons. The van der Waals surface area contributed by atoms with Gasteiger partial charge in [-0.25, -0.2) is 18.2 Å². The number of nitrogens with one attached hydrogen (secondary N) is 3. The molecule has 1 aromatic carbocycles. The van der Waals surface area contributed by atoms with Gasteiger partial charge in [0.15, 0.2) is 5.75 Å². The van der Waals surface area contributed by atoms with Crippen molar-refractivity contribution in [2.75, 3.05) is 13.7 Å². The quantitative estimate of drug-likeness (QED) is 0.221. The molecule has 3 aliphatic rings. The zero-order valence-corrected chi connectivity index (χ0v) is 33.7. The average Bonchev–Trinajstić information content (AvgIpc) is 4.02. The third-order valence-corrected chi connectivity index (χ3v) is 11.9. The number of fused-ring (bicyclic) bond motifs is 1. The van der Waals surface area contributed by atoms with Gasteiger partial charge in [0.1, 0.15) is 46.3 Å². The van der Waals surface area contributed by atoms with Crippen molar-refractivity contribution in [3.63, 3.8) is 0 Å². The highest BCUT2D eigenvalue weighted by Gasteiger charge is 2.62. The first kappa shape index (κ1) is 40.5. The first-order valence-corrected chi connectivity index (χ1v) is 20.1. The van der Waals surface area contributed by atoms with Gasteiger partial charge < -0.3 is 34.3 Å². The van der Waals surface area contributed by atoms with Crippen LogP contribution in [-0.4, -0.2) is 95.5 Å². The van der Waals surface area contributed by atoms with Gasteiger partial charge in [0, 0.05) is 24.0 Å². The first-order chi connectivity index (χ1) is 26.2. The molecule has 2 saturated carbocycles. The van der Waals surface area contributed by atoms with Gasteiger partial charge >= 0.3 is 6.09 Å². The summed E-state index contributed by atoms with van der Waals surface area (Å²) in [6, 6.07) is 6.62. The minimum atomic E-state index is -3.93. The Bertz CT molecular complexity index is 2150. The molecule has 3 fully saturated rings. The summed E-state index contributed by atoms with van der Waals surface area (Å²) in [5.74, 6) is -1.77. The van der Waals surface area contributed by atoms with Crippen molar-refractivity contribution in [2.45, 2.75) is 109 Å². The molecular weight excluding hydrogens is 745 g/mol. The molecule has 1 aliphatic heterocycles. The Morgan fingerprint density at radius 3 is 2.34 bits per heavy atom. The Balaban J connectivity index is 1.33. The molecule has 4 amide bonds. The molecule has 0 radical (unpaired) electrons. The van der Waals surface area contributed by atoms with Crippen molar-refractivity contribution in [1.82, 2.24) is 30.4 Å². The van der Waals surface area contributed by atoms with E-state index in [0.29, 0.717) is 35.5 Å². The number of aromatic nitrogens is 2. The van der Waals surface area contributed by atoms with Gasteiger partial charge in [0.05, 0.1) is 24.6 Å². The Morgan fingerprint density at radius 2 is 1.77 bits per heavy atom. The molecule has 0 bridgehead atoms. The van der Waals surface area contributed by atoms with Crippen LogP contribution in [0, 0.1) is 18.3 Å². The summed E-state index contributed by atoms with van der Waals surface area (Å²) in [5.41, 5.74) is -0.728. The second kappa shape index (κ2) is 14.7. The molecule has 5 unspecified atom stereocenters. The highest BCUT2D eigenvalue weighted by atomic mass is 32.2. The Hall–Kier alpha value is -5.19. The minimum absolute atomic E-state index is 0.0352. The highest BCUT2D eigenvalue weighted by molar-refractivity contribution is 7.91. The molecule has 3 heterocycles. The first-order valence-electron chi connectivity index (χ1n) is 18.5. The number of likely N-dealkylation sites (tertiary alicyclic amines) is 1. The third-order valence-electron chi connectivity index (χ3n) is 10.1. The fraction of sp³-hybridized carbons (Fsp3) is 0.538. The Kier molecular flexibility index (Phi) is 10.6. The van der Waals surface area contributed by atoms with Gasteiger partial charge in [0.25, 0.3) is 5.91 Å². The molecule has 17 heteroatoms. The van der Waals surface area contributed by atoms with E-state index in [1.807, 2.05) is 12.1 Å². The van der Waals surface area contributed by atoms with Crippen molar-refractivity contribution in [3.05, 3.63) is 48.7 Å². The maximum absolute atomic E-state index is 14.6. The molecule has 3 aromatic rings. The molecule has 56 heavy (non-hydrogen) atoms. The van der Waals surface area contributed by atoms with Gasteiger partial charge in [-0.3, -0.25) is 19.1 Å². The van der Waals surface area contributed by atoms with E-state index in [2.05, 4.69) is 27.1 Å². The van der Waals surface area contributed by atoms with Crippen LogP contribution in [0.2, 0.25) is 0 Å². The smallest absolute Gasteiger partial charge is 0.408 e. The van der Waals surface area contributed by atoms with E-state index in [4.69, 9.17) is 23.7 Å². The Morgan fingerprint density at radius 1 is 1.09 bits per heavy atom. The molecular formula is C39H50N6O10S. The van der Waals surface area contributed by atoms with E-state index in [9.17, 15) is 27.6 Å². The number of pyridine rings is 1. The maximum atomic E-state index is 14.6. The van der Waals surface area contributed by atoms with Gasteiger partial charge in [0.2, 0.25) is 27.4 Å². The summed E-state index contributed by atoms with van der Waals surface area (Å²) in [4.78, 5) is 61.7. The summed E-state index contributed by atoms with van der Waals surface area (Å²) in [7, 11) is -2.35. The van der Waals surface area contributed by atoms with E-state index in [-0.39, 0.29) is 30.7 Å². The summed E-state index contributed by atoms with van der Waals surface area (Å²) in [6.45, 7) is 15.8. The van der Waals surface area contributed by atoms with Gasteiger partial charge in [-0.15, -0.1) is 6.58 Å². The topological polar surface area (TPSA) is 208 Å². The lowest BCUT2D eigenvalue weighted by atomic mass is 9.85. The van der Waals surface area contributed by atoms with Crippen molar-refractivity contribution in [3.8, 4) is 22.8 Å². The van der Waals surface area contributed by atoms with E-state index in [0.717, 1.165) is 5.56 Å². The largest absolute Gasteiger partial charge is 0.497 e. The van der Waals surface area contributed by atoms with Crippen LogP contribution < -0.4 is 24.8 Å².